The predicted molar refractivity (Wildman–Crippen MR) is 130 cm³/mol. The van der Waals surface area contributed by atoms with Gasteiger partial charge in [0, 0.05) is 12.7 Å². The molecule has 0 spiro atoms. The van der Waals surface area contributed by atoms with E-state index in [-0.39, 0.29) is 41.7 Å². The van der Waals surface area contributed by atoms with Gasteiger partial charge in [0.25, 0.3) is 10.2 Å². The van der Waals surface area contributed by atoms with E-state index >= 15 is 0 Å². The maximum atomic E-state index is 14.4. The van der Waals surface area contributed by atoms with Crippen molar-refractivity contribution in [3.8, 4) is 17.6 Å². The molecule has 36 heavy (non-hydrogen) atoms. The summed E-state index contributed by atoms with van der Waals surface area (Å²) in [6, 6.07) is 4.36. The number of hydrogen-bond donors (Lipinski definition) is 5. The minimum atomic E-state index is -4.04. The molecular formula is C21H24ClFN6O6S. The molecule has 1 aromatic carbocycles. The van der Waals surface area contributed by atoms with Gasteiger partial charge >= 0.3 is 0 Å². The summed E-state index contributed by atoms with van der Waals surface area (Å²) in [4.78, 5) is 8.17. The number of anilines is 1. The number of nitrogen functional groups attached to an aromatic ring is 1. The maximum absolute atomic E-state index is 14.4. The molecule has 0 amide bonds. The van der Waals surface area contributed by atoms with Crippen molar-refractivity contribution in [3.05, 3.63) is 47.7 Å². The molecule has 3 heterocycles. The molecule has 0 unspecified atom stereocenters. The number of nitrogens with zero attached hydrogens (tertiary/aromatic N) is 3. The van der Waals surface area contributed by atoms with E-state index in [2.05, 4.69) is 21.8 Å². The van der Waals surface area contributed by atoms with Crippen molar-refractivity contribution in [2.24, 2.45) is 5.14 Å². The van der Waals surface area contributed by atoms with Crippen molar-refractivity contribution >= 4 is 39.5 Å². The highest BCUT2D eigenvalue weighted by atomic mass is 35.5. The van der Waals surface area contributed by atoms with Gasteiger partial charge in [-0.1, -0.05) is 17.9 Å². The summed E-state index contributed by atoms with van der Waals surface area (Å²) in [6.07, 6.45) is -2.49. The molecule has 1 aliphatic heterocycles. The van der Waals surface area contributed by atoms with E-state index in [0.717, 1.165) is 0 Å². The number of nitrogens with one attached hydrogen (secondary N) is 1. The lowest BCUT2D eigenvalue weighted by Gasteiger charge is -2.17. The van der Waals surface area contributed by atoms with Crippen LogP contribution in [0.15, 0.2) is 30.7 Å². The highest BCUT2D eigenvalue weighted by Crippen LogP contribution is 2.34. The van der Waals surface area contributed by atoms with Crippen molar-refractivity contribution in [1.29, 1.82) is 0 Å². The molecule has 12 nitrogen and oxygen atoms in total. The van der Waals surface area contributed by atoms with Crippen molar-refractivity contribution in [1.82, 2.24) is 19.3 Å². The largest absolute Gasteiger partial charge is 0.492 e. The van der Waals surface area contributed by atoms with Gasteiger partial charge in [0.15, 0.2) is 6.23 Å². The summed E-state index contributed by atoms with van der Waals surface area (Å²) >= 11 is 0. The van der Waals surface area contributed by atoms with Crippen LogP contribution >= 0.6 is 12.4 Å². The van der Waals surface area contributed by atoms with Gasteiger partial charge in [0.1, 0.15) is 53.2 Å². The van der Waals surface area contributed by atoms with E-state index in [1.165, 1.54) is 29.2 Å². The number of aromatic nitrogens is 3. The van der Waals surface area contributed by atoms with Crippen LogP contribution in [0.1, 0.15) is 24.3 Å². The lowest BCUT2D eigenvalue weighted by Crippen LogP contribution is -2.42. The van der Waals surface area contributed by atoms with Gasteiger partial charge in [0.05, 0.1) is 17.6 Å². The fraction of sp³-hybridized carbons (Fsp3) is 0.333. The molecule has 0 saturated carbocycles. The summed E-state index contributed by atoms with van der Waals surface area (Å²) < 4.78 is 51.4. The van der Waals surface area contributed by atoms with Gasteiger partial charge in [-0.2, -0.15) is 13.1 Å². The van der Waals surface area contributed by atoms with E-state index in [1.54, 1.807) is 13.0 Å². The smallest absolute Gasteiger partial charge is 0.274 e. The van der Waals surface area contributed by atoms with Crippen LogP contribution in [0.25, 0.3) is 11.0 Å². The van der Waals surface area contributed by atoms with Crippen molar-refractivity contribution < 1.29 is 32.5 Å². The Kier molecular flexibility index (Phi) is 8.37. The summed E-state index contributed by atoms with van der Waals surface area (Å²) in [5.41, 5.74) is 6.64. The molecule has 3 aromatic rings. The molecule has 1 fully saturated rings. The molecule has 0 bridgehead atoms. The van der Waals surface area contributed by atoms with Gasteiger partial charge in [-0.05, 0) is 19.1 Å². The number of rotatable bonds is 6. The van der Waals surface area contributed by atoms with E-state index in [9.17, 15) is 23.0 Å². The van der Waals surface area contributed by atoms with Crippen LogP contribution in [-0.2, 0) is 14.9 Å². The van der Waals surface area contributed by atoms with Crippen LogP contribution < -0.4 is 20.3 Å². The first kappa shape index (κ1) is 27.6. The third-order valence-electron chi connectivity index (χ3n) is 5.33. The quantitative estimate of drug-likeness (QED) is 0.262. The molecule has 194 valence electrons. The first-order chi connectivity index (χ1) is 16.6. The molecule has 2 aromatic heterocycles. The van der Waals surface area contributed by atoms with Gasteiger partial charge in [0.2, 0.25) is 0 Å². The van der Waals surface area contributed by atoms with Crippen LogP contribution in [-0.4, -0.2) is 64.6 Å². The summed E-state index contributed by atoms with van der Waals surface area (Å²) in [5.74, 6) is 5.39. The first-order valence-electron chi connectivity index (χ1n) is 10.4. The fourth-order valence-corrected chi connectivity index (χ4v) is 4.15. The Labute approximate surface area is 212 Å². The number of aliphatic hydroxyl groups is 2. The normalized spacial score (nSPS) is 21.6. The standard InChI is InChI=1S/C21H23FN6O6S.ClH/c1-2-33-14-5-3-4-13(22)12(14)7-6-11-9-28(20-16(11)19(23)25-10-26-20)21-18(30)17(29)15(34-21)8-27-35(24,31)32;/h3-5,9-10,15,17-18,21,27,29-30H,2,8H2,1H3,(H2,23,25,26)(H2,24,31,32);1H/t15-,17-,18-,21-;/m1./s1. The zero-order valence-electron chi connectivity index (χ0n) is 18.8. The third-order valence-corrected chi connectivity index (χ3v) is 5.90. The molecule has 15 heteroatoms. The minimum Gasteiger partial charge on any atom is -0.492 e. The summed E-state index contributed by atoms with van der Waals surface area (Å²) in [7, 11) is -4.04. The number of hydrogen-bond acceptors (Lipinski definition) is 9. The van der Waals surface area contributed by atoms with Gasteiger partial charge in [-0.15, -0.1) is 12.4 Å². The van der Waals surface area contributed by atoms with Gasteiger partial charge in [-0.3, -0.25) is 0 Å². The Morgan fingerprint density at radius 3 is 2.72 bits per heavy atom. The lowest BCUT2D eigenvalue weighted by molar-refractivity contribution is -0.0327. The first-order valence-corrected chi connectivity index (χ1v) is 12.0. The highest BCUT2D eigenvalue weighted by Gasteiger charge is 2.44. The molecule has 7 N–H and O–H groups in total. The van der Waals surface area contributed by atoms with E-state index in [0.29, 0.717) is 17.6 Å². The Balaban J connectivity index is 0.00000361. The SMILES string of the molecule is CCOc1cccc(F)c1C#Cc1cn([C@@H]2O[C@H](CNS(N)(=O)=O)[C@@H](O)[C@H]2O)c2ncnc(N)c12.Cl. The number of halogens is 2. The van der Waals surface area contributed by atoms with Crippen LogP contribution in [0.3, 0.4) is 0 Å². The molecule has 1 saturated heterocycles. The lowest BCUT2D eigenvalue weighted by atomic mass is 10.1. The molecule has 4 rings (SSSR count). The van der Waals surface area contributed by atoms with Crippen LogP contribution in [0.4, 0.5) is 10.2 Å². The zero-order chi connectivity index (χ0) is 25.3. The number of benzene rings is 1. The molecule has 4 atom stereocenters. The Morgan fingerprint density at radius 1 is 1.28 bits per heavy atom. The number of fused-ring (bicyclic) bond motifs is 1. The Bertz CT molecular complexity index is 1430. The predicted octanol–water partition coefficient (Wildman–Crippen LogP) is -0.215. The van der Waals surface area contributed by atoms with Crippen LogP contribution in [0.5, 0.6) is 5.75 Å². The molecule has 1 aliphatic rings. The second-order valence-corrected chi connectivity index (χ2v) is 9.02. The van der Waals surface area contributed by atoms with Gasteiger partial charge < -0.3 is 30.0 Å². The van der Waals surface area contributed by atoms with Gasteiger partial charge in [-0.25, -0.2) is 19.5 Å². The van der Waals surface area contributed by atoms with Crippen LogP contribution in [0.2, 0.25) is 0 Å². The van der Waals surface area contributed by atoms with Crippen molar-refractivity contribution in [3.63, 3.8) is 0 Å². The molecule has 0 radical (unpaired) electrons. The van der Waals surface area contributed by atoms with E-state index < -0.39 is 40.6 Å². The molecule has 0 aliphatic carbocycles. The second-order valence-electron chi connectivity index (χ2n) is 7.64. The van der Waals surface area contributed by atoms with E-state index in [4.69, 9.17) is 20.3 Å². The number of aliphatic hydroxyl groups excluding tert-OH is 2. The van der Waals surface area contributed by atoms with Crippen molar-refractivity contribution in [2.75, 3.05) is 18.9 Å². The van der Waals surface area contributed by atoms with Crippen LogP contribution in [0, 0.1) is 17.7 Å². The highest BCUT2D eigenvalue weighted by molar-refractivity contribution is 7.87. The third kappa shape index (κ3) is 5.52. The summed E-state index contributed by atoms with van der Waals surface area (Å²) in [6.45, 7) is 1.71. The molecular weight excluding hydrogens is 519 g/mol. The number of nitrogens with two attached hydrogens (primary N) is 2. The maximum Gasteiger partial charge on any atom is 0.274 e. The topological polar surface area (TPSA) is 188 Å². The Morgan fingerprint density at radius 2 is 2.03 bits per heavy atom. The fourth-order valence-electron chi connectivity index (χ4n) is 3.75. The second kappa shape index (κ2) is 10.9. The number of ether oxygens (including phenoxy) is 2. The van der Waals surface area contributed by atoms with Crippen molar-refractivity contribution in [2.45, 2.75) is 31.5 Å². The minimum absolute atomic E-state index is 0. The van der Waals surface area contributed by atoms with E-state index in [1.807, 2.05) is 4.72 Å². The zero-order valence-corrected chi connectivity index (χ0v) is 20.5. The summed E-state index contributed by atoms with van der Waals surface area (Å²) in [5, 5.41) is 26.2. The average Bonchev–Trinajstić information content (AvgIpc) is 3.30. The average molecular weight is 543 g/mol. The monoisotopic (exact) mass is 542 g/mol. The Hall–Kier alpha value is -3.03.